The summed E-state index contributed by atoms with van der Waals surface area (Å²) in [5.41, 5.74) is 0.909. The van der Waals surface area contributed by atoms with Gasteiger partial charge < -0.3 is 5.32 Å². The van der Waals surface area contributed by atoms with Gasteiger partial charge in [0, 0.05) is 16.3 Å². The zero-order chi connectivity index (χ0) is 13.7. The highest BCUT2D eigenvalue weighted by Gasteiger charge is 2.03. The molecule has 0 spiro atoms. The van der Waals surface area contributed by atoms with Gasteiger partial charge in [0.1, 0.15) is 11.6 Å². The Hall–Kier alpha value is -1.39. The molecule has 0 fully saturated rings. The Morgan fingerprint density at radius 3 is 2.37 bits per heavy atom. The highest BCUT2D eigenvalue weighted by atomic mass is 32.2. The molecule has 0 saturated heterocycles. The lowest BCUT2D eigenvalue weighted by molar-refractivity contribution is 0.617. The predicted octanol–water partition coefficient (Wildman–Crippen LogP) is 4.23. The summed E-state index contributed by atoms with van der Waals surface area (Å²) in [7, 11) is 0. The SMILES string of the molecule is CCNCc1cc(F)cc(Sc2ccc(F)cc2)c1. The second-order valence-electron chi connectivity index (χ2n) is 4.13. The van der Waals surface area contributed by atoms with Crippen LogP contribution in [0.15, 0.2) is 52.3 Å². The first-order chi connectivity index (χ1) is 9.17. The average molecular weight is 279 g/mol. The van der Waals surface area contributed by atoms with Gasteiger partial charge in [-0.25, -0.2) is 8.78 Å². The molecule has 0 unspecified atom stereocenters. The van der Waals surface area contributed by atoms with Gasteiger partial charge in [-0.2, -0.15) is 0 Å². The van der Waals surface area contributed by atoms with Crippen LogP contribution < -0.4 is 5.32 Å². The summed E-state index contributed by atoms with van der Waals surface area (Å²) in [5.74, 6) is -0.517. The van der Waals surface area contributed by atoms with Crippen molar-refractivity contribution in [3.05, 3.63) is 59.7 Å². The van der Waals surface area contributed by atoms with Crippen LogP contribution in [-0.2, 0) is 6.54 Å². The van der Waals surface area contributed by atoms with E-state index in [1.54, 1.807) is 12.1 Å². The average Bonchev–Trinajstić information content (AvgIpc) is 2.38. The van der Waals surface area contributed by atoms with E-state index < -0.39 is 0 Å². The largest absolute Gasteiger partial charge is 0.313 e. The first-order valence-electron chi connectivity index (χ1n) is 6.11. The summed E-state index contributed by atoms with van der Waals surface area (Å²) in [6.45, 7) is 3.50. The first kappa shape index (κ1) is 14.0. The number of hydrogen-bond acceptors (Lipinski definition) is 2. The van der Waals surface area contributed by atoms with Crippen molar-refractivity contribution in [3.8, 4) is 0 Å². The maximum Gasteiger partial charge on any atom is 0.124 e. The standard InChI is InChI=1S/C15H15F2NS/c1-2-18-10-11-7-13(17)9-15(8-11)19-14-5-3-12(16)4-6-14/h3-9,18H,2,10H2,1H3. The van der Waals surface area contributed by atoms with E-state index >= 15 is 0 Å². The van der Waals surface area contributed by atoms with Crippen molar-refractivity contribution in [2.45, 2.75) is 23.3 Å². The highest BCUT2D eigenvalue weighted by molar-refractivity contribution is 7.99. The Kier molecular flexibility index (Phi) is 4.93. The molecule has 0 aliphatic rings. The van der Waals surface area contributed by atoms with Crippen molar-refractivity contribution >= 4 is 11.8 Å². The molecule has 0 heterocycles. The maximum absolute atomic E-state index is 13.5. The normalized spacial score (nSPS) is 10.7. The van der Waals surface area contributed by atoms with Crippen LogP contribution >= 0.6 is 11.8 Å². The minimum atomic E-state index is -0.267. The summed E-state index contributed by atoms with van der Waals surface area (Å²) in [5, 5.41) is 3.16. The lowest BCUT2D eigenvalue weighted by Gasteiger charge is -2.07. The smallest absolute Gasteiger partial charge is 0.124 e. The van der Waals surface area contributed by atoms with E-state index in [-0.39, 0.29) is 11.6 Å². The number of nitrogens with one attached hydrogen (secondary N) is 1. The van der Waals surface area contributed by atoms with Crippen LogP contribution in [0.3, 0.4) is 0 Å². The summed E-state index contributed by atoms with van der Waals surface area (Å²) in [6.07, 6.45) is 0. The van der Waals surface area contributed by atoms with Gasteiger partial charge in [0.2, 0.25) is 0 Å². The molecular weight excluding hydrogens is 264 g/mol. The van der Waals surface area contributed by atoms with Crippen molar-refractivity contribution in [1.29, 1.82) is 0 Å². The maximum atomic E-state index is 13.5. The van der Waals surface area contributed by atoms with E-state index in [0.29, 0.717) is 6.54 Å². The Morgan fingerprint density at radius 1 is 0.947 bits per heavy atom. The lowest BCUT2D eigenvalue weighted by atomic mass is 10.2. The van der Waals surface area contributed by atoms with Gasteiger partial charge in [-0.1, -0.05) is 18.7 Å². The van der Waals surface area contributed by atoms with E-state index in [4.69, 9.17) is 0 Å². The number of benzene rings is 2. The molecule has 19 heavy (non-hydrogen) atoms. The van der Waals surface area contributed by atoms with Crippen LogP contribution in [0.5, 0.6) is 0 Å². The van der Waals surface area contributed by atoms with Crippen molar-refractivity contribution < 1.29 is 8.78 Å². The Morgan fingerprint density at radius 2 is 1.68 bits per heavy atom. The number of rotatable bonds is 5. The van der Waals surface area contributed by atoms with Gasteiger partial charge in [-0.05, 0) is 54.6 Å². The zero-order valence-electron chi connectivity index (χ0n) is 10.6. The minimum Gasteiger partial charge on any atom is -0.313 e. The Labute approximate surface area is 116 Å². The molecule has 0 atom stereocenters. The fraction of sp³-hybridized carbons (Fsp3) is 0.200. The van der Waals surface area contributed by atoms with E-state index in [1.165, 1.54) is 36.0 Å². The van der Waals surface area contributed by atoms with Crippen LogP contribution in [0.2, 0.25) is 0 Å². The molecule has 1 N–H and O–H groups in total. The monoisotopic (exact) mass is 279 g/mol. The number of halogens is 2. The molecule has 1 nitrogen and oxygen atoms in total. The Bertz CT molecular complexity index is 540. The molecule has 0 aliphatic carbocycles. The van der Waals surface area contributed by atoms with E-state index in [1.807, 2.05) is 13.0 Å². The second-order valence-corrected chi connectivity index (χ2v) is 5.28. The van der Waals surface area contributed by atoms with E-state index in [0.717, 1.165) is 21.9 Å². The quantitative estimate of drug-likeness (QED) is 0.879. The van der Waals surface area contributed by atoms with E-state index in [2.05, 4.69) is 5.32 Å². The fourth-order valence-electron chi connectivity index (χ4n) is 1.69. The molecule has 2 aromatic carbocycles. The van der Waals surface area contributed by atoms with Crippen LogP contribution in [-0.4, -0.2) is 6.54 Å². The summed E-state index contributed by atoms with van der Waals surface area (Å²) in [6, 6.07) is 11.1. The van der Waals surface area contributed by atoms with Gasteiger partial charge in [-0.3, -0.25) is 0 Å². The molecule has 0 bridgehead atoms. The molecule has 2 aromatic rings. The minimum absolute atomic E-state index is 0.250. The van der Waals surface area contributed by atoms with Gasteiger partial charge in [0.15, 0.2) is 0 Å². The van der Waals surface area contributed by atoms with Crippen molar-refractivity contribution in [2.75, 3.05) is 6.54 Å². The molecular formula is C15H15F2NS. The third-order valence-electron chi connectivity index (χ3n) is 2.56. The van der Waals surface area contributed by atoms with Crippen molar-refractivity contribution in [1.82, 2.24) is 5.32 Å². The third kappa shape index (κ3) is 4.33. The van der Waals surface area contributed by atoms with Gasteiger partial charge >= 0.3 is 0 Å². The van der Waals surface area contributed by atoms with Gasteiger partial charge in [0.25, 0.3) is 0 Å². The van der Waals surface area contributed by atoms with Crippen LogP contribution in [0.1, 0.15) is 12.5 Å². The van der Waals surface area contributed by atoms with Gasteiger partial charge in [-0.15, -0.1) is 0 Å². The van der Waals surface area contributed by atoms with E-state index in [9.17, 15) is 8.78 Å². The topological polar surface area (TPSA) is 12.0 Å². The molecule has 0 aromatic heterocycles. The molecule has 100 valence electrons. The molecule has 0 saturated carbocycles. The predicted molar refractivity (Wildman–Crippen MR) is 74.3 cm³/mol. The Balaban J connectivity index is 2.15. The first-order valence-corrected chi connectivity index (χ1v) is 6.92. The summed E-state index contributed by atoms with van der Waals surface area (Å²) in [4.78, 5) is 1.71. The lowest BCUT2D eigenvalue weighted by Crippen LogP contribution is -2.11. The summed E-state index contributed by atoms with van der Waals surface area (Å²) < 4.78 is 26.3. The third-order valence-corrected chi connectivity index (χ3v) is 3.54. The molecule has 4 heteroatoms. The van der Waals surface area contributed by atoms with Crippen LogP contribution in [0.25, 0.3) is 0 Å². The molecule has 0 radical (unpaired) electrons. The highest BCUT2D eigenvalue weighted by Crippen LogP contribution is 2.29. The molecule has 0 amide bonds. The second kappa shape index (κ2) is 6.68. The summed E-state index contributed by atoms with van der Waals surface area (Å²) >= 11 is 1.42. The van der Waals surface area contributed by atoms with Gasteiger partial charge in [0.05, 0.1) is 0 Å². The number of hydrogen-bond donors (Lipinski definition) is 1. The molecule has 0 aliphatic heterocycles. The van der Waals surface area contributed by atoms with Crippen LogP contribution in [0.4, 0.5) is 8.78 Å². The van der Waals surface area contributed by atoms with Crippen molar-refractivity contribution in [2.24, 2.45) is 0 Å². The zero-order valence-corrected chi connectivity index (χ0v) is 11.4. The van der Waals surface area contributed by atoms with Crippen LogP contribution in [0, 0.1) is 11.6 Å². The molecule has 2 rings (SSSR count). The fourth-order valence-corrected chi connectivity index (χ4v) is 2.62. The van der Waals surface area contributed by atoms with Crippen molar-refractivity contribution in [3.63, 3.8) is 0 Å².